The third-order valence-electron chi connectivity index (χ3n) is 2.95. The molecule has 0 aliphatic carbocycles. The van der Waals surface area contributed by atoms with Crippen molar-refractivity contribution in [2.45, 2.75) is 71.7 Å². The fraction of sp³-hybridized carbons (Fsp3) is 1.00. The summed E-state index contributed by atoms with van der Waals surface area (Å²) >= 11 is 0. The average molecular weight is 202 g/mol. The largest absolute Gasteiger partial charge is 0.415 e. The molecule has 0 rings (SSSR count). The highest BCUT2D eigenvalue weighted by Gasteiger charge is 2.26. The topological polar surface area (TPSA) is 9.23 Å². The Morgan fingerprint density at radius 2 is 1.69 bits per heavy atom. The predicted molar refractivity (Wildman–Crippen MR) is 62.7 cm³/mol. The lowest BCUT2D eigenvalue weighted by Gasteiger charge is -2.28. The first-order valence-electron chi connectivity index (χ1n) is 5.75. The standard InChI is InChI=1S/C11H26OSi/c1-6-9-10-11(4)12-13(5,7-2)8-3/h11H,6-10H2,1-5H3. The molecule has 0 aliphatic heterocycles. The zero-order valence-electron chi connectivity index (χ0n) is 10.0. The van der Waals surface area contributed by atoms with Gasteiger partial charge >= 0.3 is 0 Å². The molecule has 0 aliphatic rings. The van der Waals surface area contributed by atoms with Crippen LogP contribution in [0, 0.1) is 0 Å². The minimum absolute atomic E-state index is 0.483. The molecule has 80 valence electrons. The van der Waals surface area contributed by atoms with Gasteiger partial charge in [-0.05, 0) is 32.0 Å². The van der Waals surface area contributed by atoms with Crippen molar-refractivity contribution in [1.29, 1.82) is 0 Å². The van der Waals surface area contributed by atoms with Crippen LogP contribution in [-0.2, 0) is 4.43 Å². The first kappa shape index (κ1) is 13.2. The summed E-state index contributed by atoms with van der Waals surface area (Å²) in [6, 6.07) is 2.50. The summed E-state index contributed by atoms with van der Waals surface area (Å²) in [5.41, 5.74) is 0. The van der Waals surface area contributed by atoms with Gasteiger partial charge in [0.05, 0.1) is 0 Å². The van der Waals surface area contributed by atoms with Crippen molar-refractivity contribution in [3.63, 3.8) is 0 Å². The van der Waals surface area contributed by atoms with Crippen LogP contribution in [0.5, 0.6) is 0 Å². The van der Waals surface area contributed by atoms with Crippen LogP contribution in [0.15, 0.2) is 0 Å². The van der Waals surface area contributed by atoms with Crippen LogP contribution in [0.4, 0.5) is 0 Å². The minimum atomic E-state index is -1.31. The van der Waals surface area contributed by atoms with Gasteiger partial charge in [-0.3, -0.25) is 0 Å². The van der Waals surface area contributed by atoms with E-state index < -0.39 is 8.32 Å². The molecule has 1 unspecified atom stereocenters. The predicted octanol–water partition coefficient (Wildman–Crippen LogP) is 4.20. The Balaban J connectivity index is 3.79. The Hall–Kier alpha value is 0.177. The lowest BCUT2D eigenvalue weighted by Crippen LogP contribution is -2.36. The van der Waals surface area contributed by atoms with Gasteiger partial charge in [-0.2, -0.15) is 0 Å². The molecule has 0 saturated heterocycles. The summed E-state index contributed by atoms with van der Waals surface area (Å²) in [5, 5.41) is 0. The van der Waals surface area contributed by atoms with Crippen molar-refractivity contribution >= 4 is 8.32 Å². The molecule has 0 spiro atoms. The van der Waals surface area contributed by atoms with Crippen LogP contribution in [0.1, 0.15) is 47.0 Å². The summed E-state index contributed by atoms with van der Waals surface area (Å²) in [6.07, 6.45) is 4.30. The number of rotatable bonds is 7. The maximum atomic E-state index is 6.18. The van der Waals surface area contributed by atoms with E-state index in [-0.39, 0.29) is 0 Å². The van der Waals surface area contributed by atoms with E-state index in [0.717, 1.165) is 0 Å². The molecule has 0 fully saturated rings. The second kappa shape index (κ2) is 6.60. The molecule has 0 N–H and O–H groups in total. The van der Waals surface area contributed by atoms with Gasteiger partial charge in [-0.25, -0.2) is 0 Å². The summed E-state index contributed by atoms with van der Waals surface area (Å²) in [5.74, 6) is 0. The number of hydrogen-bond donors (Lipinski definition) is 0. The van der Waals surface area contributed by atoms with E-state index in [9.17, 15) is 0 Å². The van der Waals surface area contributed by atoms with Crippen LogP contribution >= 0.6 is 0 Å². The Morgan fingerprint density at radius 3 is 2.08 bits per heavy atom. The van der Waals surface area contributed by atoms with E-state index >= 15 is 0 Å². The summed E-state index contributed by atoms with van der Waals surface area (Å²) in [7, 11) is -1.31. The molecule has 0 heterocycles. The minimum Gasteiger partial charge on any atom is -0.415 e. The van der Waals surface area contributed by atoms with Gasteiger partial charge in [-0.15, -0.1) is 0 Å². The van der Waals surface area contributed by atoms with E-state index in [1.165, 1.54) is 31.4 Å². The molecular formula is C11H26OSi. The first-order chi connectivity index (χ1) is 6.08. The van der Waals surface area contributed by atoms with Crippen molar-refractivity contribution in [2.75, 3.05) is 0 Å². The highest BCUT2D eigenvalue weighted by Crippen LogP contribution is 2.20. The molecule has 13 heavy (non-hydrogen) atoms. The smallest absolute Gasteiger partial charge is 0.189 e. The summed E-state index contributed by atoms with van der Waals surface area (Å²) in [4.78, 5) is 0. The van der Waals surface area contributed by atoms with Crippen molar-refractivity contribution in [3.8, 4) is 0 Å². The van der Waals surface area contributed by atoms with E-state index in [0.29, 0.717) is 6.10 Å². The van der Waals surface area contributed by atoms with Crippen molar-refractivity contribution < 1.29 is 4.43 Å². The molecule has 0 saturated carbocycles. The van der Waals surface area contributed by atoms with Gasteiger partial charge < -0.3 is 4.43 Å². The quantitative estimate of drug-likeness (QED) is 0.562. The fourth-order valence-electron chi connectivity index (χ4n) is 1.45. The molecule has 2 heteroatoms. The molecule has 0 aromatic heterocycles. The molecule has 0 aromatic rings. The fourth-order valence-corrected chi connectivity index (χ4v) is 3.38. The Morgan fingerprint density at radius 1 is 1.15 bits per heavy atom. The van der Waals surface area contributed by atoms with Gasteiger partial charge in [0.1, 0.15) is 0 Å². The third kappa shape index (κ3) is 5.48. The SMILES string of the molecule is CCCCC(C)O[Si](C)(CC)CC. The van der Waals surface area contributed by atoms with Crippen LogP contribution < -0.4 is 0 Å². The normalized spacial score (nSPS) is 14.5. The van der Waals surface area contributed by atoms with E-state index in [2.05, 4.69) is 34.2 Å². The van der Waals surface area contributed by atoms with Crippen molar-refractivity contribution in [1.82, 2.24) is 0 Å². The highest BCUT2D eigenvalue weighted by molar-refractivity contribution is 6.72. The van der Waals surface area contributed by atoms with Crippen molar-refractivity contribution in [3.05, 3.63) is 0 Å². The maximum Gasteiger partial charge on any atom is 0.189 e. The summed E-state index contributed by atoms with van der Waals surface area (Å²) < 4.78 is 6.18. The van der Waals surface area contributed by atoms with Gasteiger partial charge in [0, 0.05) is 6.10 Å². The average Bonchev–Trinajstić information content (AvgIpc) is 2.14. The number of unbranched alkanes of at least 4 members (excludes halogenated alkanes) is 1. The van der Waals surface area contributed by atoms with Crippen molar-refractivity contribution in [2.24, 2.45) is 0 Å². The third-order valence-corrected chi connectivity index (χ3v) is 6.91. The molecule has 0 radical (unpaired) electrons. The second-order valence-corrected chi connectivity index (χ2v) is 8.78. The summed E-state index contributed by atoms with van der Waals surface area (Å²) in [6.45, 7) is 11.4. The maximum absolute atomic E-state index is 6.18. The zero-order chi connectivity index (χ0) is 10.3. The van der Waals surface area contributed by atoms with Gasteiger partial charge in [0.25, 0.3) is 0 Å². The monoisotopic (exact) mass is 202 g/mol. The van der Waals surface area contributed by atoms with E-state index in [4.69, 9.17) is 4.43 Å². The second-order valence-electron chi connectivity index (χ2n) is 4.23. The van der Waals surface area contributed by atoms with Crippen LogP contribution in [0.25, 0.3) is 0 Å². The highest BCUT2D eigenvalue weighted by atomic mass is 28.4. The van der Waals surface area contributed by atoms with Gasteiger partial charge in [0.15, 0.2) is 8.32 Å². The Bertz CT molecular complexity index is 121. The molecular weight excluding hydrogens is 176 g/mol. The zero-order valence-corrected chi connectivity index (χ0v) is 11.0. The lowest BCUT2D eigenvalue weighted by molar-refractivity contribution is 0.195. The Labute approximate surface area is 85.0 Å². The lowest BCUT2D eigenvalue weighted by atomic mass is 10.2. The van der Waals surface area contributed by atoms with E-state index in [1.54, 1.807) is 0 Å². The van der Waals surface area contributed by atoms with Crippen LogP contribution in [0.3, 0.4) is 0 Å². The molecule has 1 nitrogen and oxygen atoms in total. The van der Waals surface area contributed by atoms with Crippen LogP contribution in [0.2, 0.25) is 18.6 Å². The molecule has 0 amide bonds. The van der Waals surface area contributed by atoms with E-state index in [1.807, 2.05) is 0 Å². The first-order valence-corrected chi connectivity index (χ1v) is 8.58. The van der Waals surface area contributed by atoms with Crippen LogP contribution in [-0.4, -0.2) is 14.4 Å². The number of hydrogen-bond acceptors (Lipinski definition) is 1. The Kier molecular flexibility index (Phi) is 6.69. The molecule has 0 aromatic carbocycles. The van der Waals surface area contributed by atoms with Gasteiger partial charge in [0.2, 0.25) is 0 Å². The molecule has 1 atom stereocenters. The van der Waals surface area contributed by atoms with Gasteiger partial charge in [-0.1, -0.05) is 33.6 Å². The molecule has 0 bridgehead atoms.